The monoisotopic (exact) mass is 401 g/mol. The third-order valence-electron chi connectivity index (χ3n) is 4.27. The summed E-state index contributed by atoms with van der Waals surface area (Å²) in [6.07, 6.45) is 0.982. The van der Waals surface area contributed by atoms with Gasteiger partial charge < -0.3 is 15.4 Å². The number of hydrogen-bond donors (Lipinski definition) is 2. The van der Waals surface area contributed by atoms with Gasteiger partial charge in [0.15, 0.2) is 5.96 Å². The molecule has 2 N–H and O–H groups in total. The van der Waals surface area contributed by atoms with E-state index in [4.69, 9.17) is 4.74 Å². The molecule has 2 rings (SSSR count). The van der Waals surface area contributed by atoms with Crippen molar-refractivity contribution < 1.29 is 8.95 Å². The average molecular weight is 402 g/mol. The van der Waals surface area contributed by atoms with Crippen LogP contribution in [0.1, 0.15) is 30.6 Å². The molecule has 0 aliphatic rings. The molecule has 2 atom stereocenters. The molecule has 0 saturated carbocycles. The fourth-order valence-electron chi connectivity index (χ4n) is 2.70. The van der Waals surface area contributed by atoms with Gasteiger partial charge in [0.05, 0.1) is 6.10 Å². The van der Waals surface area contributed by atoms with E-state index in [0.717, 1.165) is 24.5 Å². The van der Waals surface area contributed by atoms with Crippen LogP contribution in [0.2, 0.25) is 0 Å². The zero-order valence-corrected chi connectivity index (χ0v) is 17.6. The van der Waals surface area contributed by atoms with E-state index in [2.05, 4.69) is 34.7 Å². The third kappa shape index (κ3) is 8.67. The highest BCUT2D eigenvalue weighted by molar-refractivity contribution is 7.84. The lowest BCUT2D eigenvalue weighted by atomic mass is 10.1. The van der Waals surface area contributed by atoms with Crippen LogP contribution in [0.3, 0.4) is 0 Å². The first-order valence-corrected chi connectivity index (χ1v) is 11.2. The Bertz CT molecular complexity index is 723. The van der Waals surface area contributed by atoms with Crippen molar-refractivity contribution in [3.8, 4) is 0 Å². The smallest absolute Gasteiger partial charge is 0.191 e. The molecule has 5 nitrogen and oxygen atoms in total. The molecule has 0 amide bonds. The van der Waals surface area contributed by atoms with Gasteiger partial charge in [-0.05, 0) is 24.5 Å². The molecule has 0 radical (unpaired) electrons. The van der Waals surface area contributed by atoms with Gasteiger partial charge in [0.1, 0.15) is 0 Å². The molecule has 2 aromatic rings. The minimum Gasteiger partial charge on any atom is -0.374 e. The van der Waals surface area contributed by atoms with E-state index in [9.17, 15) is 4.21 Å². The predicted octanol–water partition coefficient (Wildman–Crippen LogP) is 3.27. The van der Waals surface area contributed by atoms with Gasteiger partial charge in [-0.1, -0.05) is 60.7 Å². The highest BCUT2D eigenvalue weighted by atomic mass is 32.2. The number of nitrogens with zero attached hydrogens (tertiary/aromatic N) is 1. The maximum Gasteiger partial charge on any atom is 0.191 e. The number of hydrogen-bond acceptors (Lipinski definition) is 3. The molecule has 0 heterocycles. The number of guanidine groups is 1. The van der Waals surface area contributed by atoms with Gasteiger partial charge in [-0.3, -0.25) is 9.20 Å². The first kappa shape index (κ1) is 22.1. The summed E-state index contributed by atoms with van der Waals surface area (Å²) in [5.41, 5.74) is 2.30. The first-order chi connectivity index (χ1) is 13.7. The Kier molecular flexibility index (Phi) is 10.3. The number of ether oxygens (including phenoxy) is 1. The van der Waals surface area contributed by atoms with Crippen molar-refractivity contribution in [1.82, 2.24) is 10.6 Å². The highest BCUT2D eigenvalue weighted by Crippen LogP contribution is 2.15. The van der Waals surface area contributed by atoms with Crippen LogP contribution in [-0.2, 0) is 21.3 Å². The van der Waals surface area contributed by atoms with Crippen molar-refractivity contribution in [3.05, 3.63) is 71.8 Å². The molecular formula is C22H31N3O2S. The fraction of sp³-hybridized carbons (Fsp3) is 0.409. The summed E-state index contributed by atoms with van der Waals surface area (Å²) < 4.78 is 18.0. The molecule has 0 aromatic heterocycles. The summed E-state index contributed by atoms with van der Waals surface area (Å²) in [5, 5.41) is 6.48. The van der Waals surface area contributed by atoms with E-state index in [1.807, 2.05) is 48.5 Å². The second kappa shape index (κ2) is 13.1. The average Bonchev–Trinajstić information content (AvgIpc) is 2.73. The molecule has 2 unspecified atom stereocenters. The van der Waals surface area contributed by atoms with Gasteiger partial charge in [-0.2, -0.15) is 0 Å². The van der Waals surface area contributed by atoms with Crippen molar-refractivity contribution in [3.63, 3.8) is 0 Å². The number of nitrogens with one attached hydrogen (secondary N) is 2. The van der Waals surface area contributed by atoms with E-state index >= 15 is 0 Å². The molecule has 6 heteroatoms. The molecule has 28 heavy (non-hydrogen) atoms. The van der Waals surface area contributed by atoms with Gasteiger partial charge in [0, 0.05) is 49.0 Å². The van der Waals surface area contributed by atoms with Crippen molar-refractivity contribution in [2.75, 3.05) is 32.5 Å². The molecule has 2 aromatic carbocycles. The number of aliphatic imine (C=N–C) groups is 1. The lowest BCUT2D eigenvalue weighted by Gasteiger charge is -2.15. The van der Waals surface area contributed by atoms with Gasteiger partial charge in [-0.15, -0.1) is 0 Å². The van der Waals surface area contributed by atoms with Crippen LogP contribution < -0.4 is 10.6 Å². The maximum absolute atomic E-state index is 12.2. The van der Waals surface area contributed by atoms with Crippen molar-refractivity contribution in [2.24, 2.45) is 4.99 Å². The first-order valence-electron chi connectivity index (χ1n) is 9.69. The van der Waals surface area contributed by atoms with E-state index in [1.165, 1.54) is 5.56 Å². The van der Waals surface area contributed by atoms with Gasteiger partial charge in [0.2, 0.25) is 0 Å². The van der Waals surface area contributed by atoms with Crippen molar-refractivity contribution in [2.45, 2.75) is 25.2 Å². The summed E-state index contributed by atoms with van der Waals surface area (Å²) >= 11 is 0. The Morgan fingerprint density at radius 3 is 2.36 bits per heavy atom. The number of rotatable bonds is 11. The summed E-state index contributed by atoms with van der Waals surface area (Å²) in [7, 11) is 0.853. The van der Waals surface area contributed by atoms with Crippen LogP contribution in [0.4, 0.5) is 0 Å². The SMILES string of the molecule is CN=C(NCCCOC(C)c1ccccc1)NCCS(=O)Cc1ccccc1. The second-order valence-corrected chi connectivity index (χ2v) is 8.05. The van der Waals surface area contributed by atoms with Crippen LogP contribution in [0.15, 0.2) is 65.7 Å². The highest BCUT2D eigenvalue weighted by Gasteiger charge is 2.05. The number of benzene rings is 2. The van der Waals surface area contributed by atoms with Crippen LogP contribution in [-0.4, -0.2) is 42.7 Å². The molecule has 0 saturated heterocycles. The van der Waals surface area contributed by atoms with Crippen LogP contribution >= 0.6 is 0 Å². The topological polar surface area (TPSA) is 62.7 Å². The standard InChI is InChI=1S/C22H31N3O2S/c1-19(21-12-7-4-8-13-21)27-16-9-14-24-22(23-2)25-15-17-28(26)18-20-10-5-3-6-11-20/h3-8,10-13,19H,9,14-18H2,1-2H3,(H2,23,24,25). The Balaban J connectivity index is 1.55. The lowest BCUT2D eigenvalue weighted by molar-refractivity contribution is 0.0646. The Hall–Kier alpha value is -2.18. The molecule has 0 spiro atoms. The predicted molar refractivity (Wildman–Crippen MR) is 118 cm³/mol. The second-order valence-electron chi connectivity index (χ2n) is 6.48. The van der Waals surface area contributed by atoms with Gasteiger partial charge in [0.25, 0.3) is 0 Å². The Morgan fingerprint density at radius 2 is 1.68 bits per heavy atom. The fourth-order valence-corrected chi connectivity index (χ4v) is 3.73. The molecule has 0 aliphatic heterocycles. The summed E-state index contributed by atoms with van der Waals surface area (Å²) in [4.78, 5) is 4.20. The third-order valence-corrected chi connectivity index (χ3v) is 5.58. The van der Waals surface area contributed by atoms with E-state index in [1.54, 1.807) is 7.05 Å². The normalized spacial score (nSPS) is 13.7. The van der Waals surface area contributed by atoms with Crippen molar-refractivity contribution >= 4 is 16.8 Å². The molecule has 0 fully saturated rings. The molecule has 0 bridgehead atoms. The Labute approximate surface area is 171 Å². The minimum absolute atomic E-state index is 0.0956. The van der Waals surface area contributed by atoms with E-state index in [0.29, 0.717) is 24.7 Å². The summed E-state index contributed by atoms with van der Waals surface area (Å²) in [6, 6.07) is 20.2. The zero-order chi connectivity index (χ0) is 20.0. The maximum atomic E-state index is 12.2. The van der Waals surface area contributed by atoms with Crippen LogP contribution in [0.5, 0.6) is 0 Å². The van der Waals surface area contributed by atoms with Crippen LogP contribution in [0.25, 0.3) is 0 Å². The van der Waals surface area contributed by atoms with E-state index in [-0.39, 0.29) is 6.10 Å². The molecular weight excluding hydrogens is 370 g/mol. The Morgan fingerprint density at radius 1 is 1.04 bits per heavy atom. The molecule has 0 aliphatic carbocycles. The van der Waals surface area contributed by atoms with Crippen molar-refractivity contribution in [1.29, 1.82) is 0 Å². The minimum atomic E-state index is -0.887. The zero-order valence-electron chi connectivity index (χ0n) is 16.8. The molecule has 152 valence electrons. The quantitative estimate of drug-likeness (QED) is 0.345. The van der Waals surface area contributed by atoms with Gasteiger partial charge >= 0.3 is 0 Å². The lowest BCUT2D eigenvalue weighted by Crippen LogP contribution is -2.39. The largest absolute Gasteiger partial charge is 0.374 e. The van der Waals surface area contributed by atoms with E-state index < -0.39 is 10.8 Å². The summed E-state index contributed by atoms with van der Waals surface area (Å²) in [6.45, 7) is 4.15. The summed E-state index contributed by atoms with van der Waals surface area (Å²) in [5.74, 6) is 1.91. The van der Waals surface area contributed by atoms with Crippen LogP contribution in [0, 0.1) is 0 Å². The van der Waals surface area contributed by atoms with Gasteiger partial charge in [-0.25, -0.2) is 0 Å².